The van der Waals surface area contributed by atoms with Gasteiger partial charge in [0.25, 0.3) is 0 Å². The lowest BCUT2D eigenvalue weighted by Gasteiger charge is -2.12. The quantitative estimate of drug-likeness (QED) is 0.601. The van der Waals surface area contributed by atoms with E-state index in [4.69, 9.17) is 0 Å². The van der Waals surface area contributed by atoms with E-state index in [1.807, 2.05) is 12.3 Å². The molecule has 100 valence electrons. The summed E-state index contributed by atoms with van der Waals surface area (Å²) in [4.78, 5) is 4.77. The molecule has 1 unspecified atom stereocenters. The zero-order valence-electron chi connectivity index (χ0n) is 11.4. The van der Waals surface area contributed by atoms with Crippen molar-refractivity contribution in [2.45, 2.75) is 18.2 Å². The van der Waals surface area contributed by atoms with Crippen LogP contribution in [-0.2, 0) is 6.42 Å². The maximum Gasteiger partial charge on any atom is 0.0450 e. The Hall–Kier alpha value is -1.67. The molecule has 0 aliphatic rings. The first kappa shape index (κ1) is 13.3. The number of pyridine rings is 1. The van der Waals surface area contributed by atoms with E-state index in [0.29, 0.717) is 4.83 Å². The predicted octanol–water partition coefficient (Wildman–Crippen LogP) is 5.22. The van der Waals surface area contributed by atoms with Crippen molar-refractivity contribution in [3.8, 4) is 0 Å². The molecule has 0 aliphatic heterocycles. The molecule has 3 rings (SSSR count). The third-order valence-corrected chi connectivity index (χ3v) is 4.48. The largest absolute Gasteiger partial charge is 0.261 e. The summed E-state index contributed by atoms with van der Waals surface area (Å²) in [5, 5.41) is 2.57. The van der Waals surface area contributed by atoms with Crippen LogP contribution < -0.4 is 0 Å². The van der Waals surface area contributed by atoms with Crippen LogP contribution in [-0.4, -0.2) is 4.98 Å². The minimum Gasteiger partial charge on any atom is -0.261 e. The van der Waals surface area contributed by atoms with E-state index >= 15 is 0 Å². The summed E-state index contributed by atoms with van der Waals surface area (Å²) in [5.41, 5.74) is 3.70. The molecule has 20 heavy (non-hydrogen) atoms. The average molecular weight is 326 g/mol. The minimum absolute atomic E-state index is 0.292. The van der Waals surface area contributed by atoms with Crippen molar-refractivity contribution in [2.24, 2.45) is 0 Å². The number of nitrogens with zero attached hydrogens (tertiary/aromatic N) is 1. The van der Waals surface area contributed by atoms with Crippen LogP contribution in [0.3, 0.4) is 0 Å². The van der Waals surface area contributed by atoms with Crippen molar-refractivity contribution >= 4 is 26.7 Å². The zero-order valence-corrected chi connectivity index (χ0v) is 13.0. The topological polar surface area (TPSA) is 12.9 Å². The SMILES string of the molecule is Cc1cccnc1CC(Br)c1ccc2ccccc2c1. The van der Waals surface area contributed by atoms with Crippen LogP contribution in [0.1, 0.15) is 21.6 Å². The Morgan fingerprint density at radius 3 is 2.60 bits per heavy atom. The fourth-order valence-corrected chi connectivity index (χ4v) is 3.01. The lowest BCUT2D eigenvalue weighted by atomic mass is 10.0. The van der Waals surface area contributed by atoms with Gasteiger partial charge in [-0.25, -0.2) is 0 Å². The number of hydrogen-bond donors (Lipinski definition) is 0. The van der Waals surface area contributed by atoms with E-state index in [2.05, 4.69) is 76.4 Å². The van der Waals surface area contributed by atoms with Gasteiger partial charge in [-0.3, -0.25) is 4.98 Å². The van der Waals surface area contributed by atoms with Crippen molar-refractivity contribution in [3.05, 3.63) is 77.6 Å². The third-order valence-electron chi connectivity index (χ3n) is 3.63. The molecule has 0 aliphatic carbocycles. The molecular formula is C18H16BrN. The fraction of sp³-hybridized carbons (Fsp3) is 0.167. The number of aromatic nitrogens is 1. The molecule has 0 bridgehead atoms. The maximum atomic E-state index is 4.48. The van der Waals surface area contributed by atoms with E-state index in [0.717, 1.165) is 12.1 Å². The van der Waals surface area contributed by atoms with Gasteiger partial charge in [0.2, 0.25) is 0 Å². The second kappa shape index (κ2) is 5.76. The Bertz CT molecular complexity index is 736. The van der Waals surface area contributed by atoms with Crippen LogP contribution in [0.5, 0.6) is 0 Å². The molecule has 2 heteroatoms. The zero-order chi connectivity index (χ0) is 13.9. The molecule has 0 radical (unpaired) electrons. The lowest BCUT2D eigenvalue weighted by Crippen LogP contribution is -2.00. The van der Waals surface area contributed by atoms with Gasteiger partial charge in [-0.15, -0.1) is 0 Å². The normalized spacial score (nSPS) is 12.5. The summed E-state index contributed by atoms with van der Waals surface area (Å²) < 4.78 is 0. The van der Waals surface area contributed by atoms with Crippen molar-refractivity contribution in [1.29, 1.82) is 0 Å². The number of alkyl halides is 1. The molecule has 0 saturated heterocycles. The summed E-state index contributed by atoms with van der Waals surface area (Å²) in [5.74, 6) is 0. The van der Waals surface area contributed by atoms with E-state index < -0.39 is 0 Å². The molecule has 0 fully saturated rings. The molecule has 0 spiro atoms. The van der Waals surface area contributed by atoms with Crippen LogP contribution >= 0.6 is 15.9 Å². The van der Waals surface area contributed by atoms with Gasteiger partial charge in [-0.1, -0.05) is 64.5 Å². The van der Waals surface area contributed by atoms with E-state index in [-0.39, 0.29) is 0 Å². The van der Waals surface area contributed by atoms with Gasteiger partial charge >= 0.3 is 0 Å². The summed E-state index contributed by atoms with van der Waals surface area (Å²) in [7, 11) is 0. The second-order valence-corrected chi connectivity index (χ2v) is 6.15. The minimum atomic E-state index is 0.292. The number of benzene rings is 2. The molecular weight excluding hydrogens is 310 g/mol. The van der Waals surface area contributed by atoms with Crippen molar-refractivity contribution < 1.29 is 0 Å². The number of aryl methyl sites for hydroxylation is 1. The summed E-state index contributed by atoms with van der Waals surface area (Å²) in [6, 6.07) is 19.2. The fourth-order valence-electron chi connectivity index (χ4n) is 2.42. The van der Waals surface area contributed by atoms with Gasteiger partial charge < -0.3 is 0 Å². The number of halogens is 1. The first-order chi connectivity index (χ1) is 9.74. The van der Waals surface area contributed by atoms with Gasteiger partial charge in [0.1, 0.15) is 0 Å². The highest BCUT2D eigenvalue weighted by Gasteiger charge is 2.11. The van der Waals surface area contributed by atoms with Crippen molar-refractivity contribution in [3.63, 3.8) is 0 Å². The highest BCUT2D eigenvalue weighted by molar-refractivity contribution is 9.09. The van der Waals surface area contributed by atoms with Gasteiger partial charge in [0.05, 0.1) is 0 Å². The molecule has 1 nitrogen and oxygen atoms in total. The Labute approximate surface area is 127 Å². The molecule has 0 amide bonds. The van der Waals surface area contributed by atoms with Gasteiger partial charge in [-0.2, -0.15) is 0 Å². The predicted molar refractivity (Wildman–Crippen MR) is 88.3 cm³/mol. The molecule has 0 saturated carbocycles. The standard InChI is InChI=1S/C18H16BrN/c1-13-5-4-10-20-18(13)12-17(19)16-9-8-14-6-2-3-7-15(14)11-16/h2-11,17H,12H2,1H3. The first-order valence-electron chi connectivity index (χ1n) is 6.77. The third kappa shape index (κ3) is 2.75. The van der Waals surface area contributed by atoms with Gasteiger partial charge in [0, 0.05) is 23.1 Å². The van der Waals surface area contributed by atoms with Crippen molar-refractivity contribution in [1.82, 2.24) is 4.98 Å². The molecule has 0 N–H and O–H groups in total. The van der Waals surface area contributed by atoms with Crippen molar-refractivity contribution in [2.75, 3.05) is 0 Å². The van der Waals surface area contributed by atoms with Gasteiger partial charge in [0.15, 0.2) is 0 Å². The van der Waals surface area contributed by atoms with E-state index in [9.17, 15) is 0 Å². The Morgan fingerprint density at radius 1 is 1.00 bits per heavy atom. The molecule has 1 heterocycles. The summed E-state index contributed by atoms with van der Waals surface area (Å²) in [6.45, 7) is 2.11. The highest BCUT2D eigenvalue weighted by Crippen LogP contribution is 2.29. The van der Waals surface area contributed by atoms with Crippen LogP contribution in [0.15, 0.2) is 60.8 Å². The molecule has 1 aromatic heterocycles. The smallest absolute Gasteiger partial charge is 0.0450 e. The molecule has 1 atom stereocenters. The second-order valence-electron chi connectivity index (χ2n) is 5.05. The molecule has 3 aromatic rings. The lowest BCUT2D eigenvalue weighted by molar-refractivity contribution is 0.893. The molecule has 2 aromatic carbocycles. The summed E-state index contributed by atoms with van der Waals surface area (Å²) >= 11 is 3.80. The first-order valence-corrected chi connectivity index (χ1v) is 7.69. The van der Waals surface area contributed by atoms with E-state index in [1.54, 1.807) is 0 Å². The number of hydrogen-bond acceptors (Lipinski definition) is 1. The summed E-state index contributed by atoms with van der Waals surface area (Å²) in [6.07, 6.45) is 2.77. The van der Waals surface area contributed by atoms with Crippen LogP contribution in [0.4, 0.5) is 0 Å². The average Bonchev–Trinajstić information content (AvgIpc) is 2.49. The maximum absolute atomic E-state index is 4.48. The monoisotopic (exact) mass is 325 g/mol. The van der Waals surface area contributed by atoms with Crippen LogP contribution in [0.25, 0.3) is 10.8 Å². The van der Waals surface area contributed by atoms with Crippen LogP contribution in [0, 0.1) is 6.92 Å². The Kier molecular flexibility index (Phi) is 3.83. The highest BCUT2D eigenvalue weighted by atomic mass is 79.9. The van der Waals surface area contributed by atoms with Gasteiger partial charge in [-0.05, 0) is 34.9 Å². The Morgan fingerprint density at radius 2 is 1.80 bits per heavy atom. The Balaban J connectivity index is 1.89. The number of rotatable bonds is 3. The van der Waals surface area contributed by atoms with Crippen LogP contribution in [0.2, 0.25) is 0 Å². The number of fused-ring (bicyclic) bond motifs is 1. The van der Waals surface area contributed by atoms with E-state index in [1.165, 1.54) is 21.9 Å².